The number of hydrogen-bond donors (Lipinski definition) is 0. The third kappa shape index (κ3) is 4.29. The Balaban J connectivity index is 2.43. The van der Waals surface area contributed by atoms with Gasteiger partial charge in [-0.3, -0.25) is 0 Å². The standard InChI is InChI=1S/C9H16O5S/c1-12-5-9(6-13-2)14-8-3-4-15(10,11)7-8/h3-4,8-9H,5-7H2,1-2H3. The molecule has 0 bridgehead atoms. The lowest BCUT2D eigenvalue weighted by Crippen LogP contribution is -2.30. The first-order valence-corrected chi connectivity index (χ1v) is 6.33. The highest BCUT2D eigenvalue weighted by molar-refractivity contribution is 7.94. The van der Waals surface area contributed by atoms with Crippen LogP contribution in [0.15, 0.2) is 11.5 Å². The molecule has 0 aliphatic carbocycles. The molecule has 0 saturated carbocycles. The lowest BCUT2D eigenvalue weighted by atomic mass is 10.3. The highest BCUT2D eigenvalue weighted by atomic mass is 32.2. The first-order chi connectivity index (χ1) is 7.07. The minimum Gasteiger partial charge on any atom is -0.382 e. The predicted octanol–water partition coefficient (Wildman–Crippen LogP) is -0.0249. The lowest BCUT2D eigenvalue weighted by molar-refractivity contribution is -0.0564. The van der Waals surface area contributed by atoms with Crippen LogP contribution in [0.1, 0.15) is 0 Å². The van der Waals surface area contributed by atoms with Crippen LogP contribution in [0, 0.1) is 0 Å². The lowest BCUT2D eigenvalue weighted by Gasteiger charge is -2.19. The monoisotopic (exact) mass is 236 g/mol. The molecule has 0 aromatic heterocycles. The number of methoxy groups -OCH3 is 2. The van der Waals surface area contributed by atoms with Crippen molar-refractivity contribution in [3.8, 4) is 0 Å². The summed E-state index contributed by atoms with van der Waals surface area (Å²) in [5.74, 6) is 0.0108. The van der Waals surface area contributed by atoms with Crippen LogP contribution < -0.4 is 0 Å². The summed E-state index contributed by atoms with van der Waals surface area (Å²) >= 11 is 0. The molecule has 0 N–H and O–H groups in total. The van der Waals surface area contributed by atoms with Crippen LogP contribution in [-0.2, 0) is 24.0 Å². The molecule has 15 heavy (non-hydrogen) atoms. The van der Waals surface area contributed by atoms with Gasteiger partial charge in [-0.25, -0.2) is 8.42 Å². The molecule has 1 rings (SSSR count). The van der Waals surface area contributed by atoms with Crippen LogP contribution in [0.2, 0.25) is 0 Å². The van der Waals surface area contributed by atoms with Gasteiger partial charge in [0.25, 0.3) is 0 Å². The Hall–Kier alpha value is -0.430. The van der Waals surface area contributed by atoms with Crippen molar-refractivity contribution in [1.82, 2.24) is 0 Å². The van der Waals surface area contributed by atoms with E-state index in [0.29, 0.717) is 13.2 Å². The molecule has 0 spiro atoms. The average Bonchev–Trinajstić information content (AvgIpc) is 2.46. The van der Waals surface area contributed by atoms with Crippen molar-refractivity contribution >= 4 is 9.84 Å². The van der Waals surface area contributed by atoms with E-state index in [0.717, 1.165) is 0 Å². The zero-order valence-corrected chi connectivity index (χ0v) is 9.70. The molecule has 0 aromatic carbocycles. The number of rotatable bonds is 6. The Bertz CT molecular complexity index is 302. The Morgan fingerprint density at radius 1 is 1.33 bits per heavy atom. The average molecular weight is 236 g/mol. The van der Waals surface area contributed by atoms with Crippen molar-refractivity contribution in [2.45, 2.75) is 12.2 Å². The minimum absolute atomic E-state index is 0.0108. The highest BCUT2D eigenvalue weighted by Crippen LogP contribution is 2.13. The molecule has 6 heteroatoms. The van der Waals surface area contributed by atoms with E-state index in [4.69, 9.17) is 14.2 Å². The molecule has 1 aliphatic heterocycles. The molecule has 0 amide bonds. The van der Waals surface area contributed by atoms with Gasteiger partial charge in [-0.05, 0) is 6.08 Å². The van der Waals surface area contributed by atoms with E-state index < -0.39 is 9.84 Å². The Morgan fingerprint density at radius 3 is 2.33 bits per heavy atom. The van der Waals surface area contributed by atoms with E-state index in [1.807, 2.05) is 0 Å². The van der Waals surface area contributed by atoms with Crippen LogP contribution >= 0.6 is 0 Å². The van der Waals surface area contributed by atoms with Gasteiger partial charge in [0.1, 0.15) is 6.10 Å². The van der Waals surface area contributed by atoms with Gasteiger partial charge in [-0.1, -0.05) is 0 Å². The molecule has 5 nitrogen and oxygen atoms in total. The maximum Gasteiger partial charge on any atom is 0.174 e. The first kappa shape index (κ1) is 12.6. The maximum atomic E-state index is 11.1. The minimum atomic E-state index is -3.06. The van der Waals surface area contributed by atoms with Crippen LogP contribution in [0.4, 0.5) is 0 Å². The summed E-state index contributed by atoms with van der Waals surface area (Å²) < 4.78 is 37.6. The molecule has 0 aromatic rings. The van der Waals surface area contributed by atoms with Gasteiger partial charge >= 0.3 is 0 Å². The van der Waals surface area contributed by atoms with Crippen molar-refractivity contribution < 1.29 is 22.6 Å². The summed E-state index contributed by atoms with van der Waals surface area (Å²) in [5.41, 5.74) is 0. The van der Waals surface area contributed by atoms with Crippen molar-refractivity contribution in [2.24, 2.45) is 0 Å². The number of ether oxygens (including phenoxy) is 3. The van der Waals surface area contributed by atoms with Gasteiger partial charge in [0.15, 0.2) is 9.84 Å². The fourth-order valence-corrected chi connectivity index (χ4v) is 2.55. The summed E-state index contributed by atoms with van der Waals surface area (Å²) in [7, 11) is 0.0673. The predicted molar refractivity (Wildman–Crippen MR) is 55.3 cm³/mol. The van der Waals surface area contributed by atoms with E-state index in [9.17, 15) is 8.42 Å². The molecule has 1 atom stereocenters. The second-order valence-electron chi connectivity index (χ2n) is 3.37. The summed E-state index contributed by atoms with van der Waals surface area (Å²) in [4.78, 5) is 0. The van der Waals surface area contributed by atoms with E-state index in [2.05, 4.69) is 0 Å². The fourth-order valence-electron chi connectivity index (χ4n) is 1.38. The second-order valence-corrected chi connectivity index (χ2v) is 5.30. The number of sulfone groups is 1. The second kappa shape index (κ2) is 5.60. The van der Waals surface area contributed by atoms with Crippen LogP contribution in [0.3, 0.4) is 0 Å². The largest absolute Gasteiger partial charge is 0.382 e. The smallest absolute Gasteiger partial charge is 0.174 e. The zero-order valence-electron chi connectivity index (χ0n) is 8.88. The summed E-state index contributed by atoms with van der Waals surface area (Å²) in [6.07, 6.45) is 0.932. The third-order valence-electron chi connectivity index (χ3n) is 1.97. The molecule has 1 heterocycles. The normalized spacial score (nSPS) is 23.8. The topological polar surface area (TPSA) is 61.8 Å². The van der Waals surface area contributed by atoms with E-state index in [-0.39, 0.29) is 18.0 Å². The Morgan fingerprint density at radius 2 is 1.93 bits per heavy atom. The Kier molecular flexibility index (Phi) is 4.72. The summed E-state index contributed by atoms with van der Waals surface area (Å²) in [5, 5.41) is 1.19. The fraction of sp³-hybridized carbons (Fsp3) is 0.778. The molecular weight excluding hydrogens is 220 g/mol. The number of hydrogen-bond acceptors (Lipinski definition) is 5. The van der Waals surface area contributed by atoms with Crippen molar-refractivity contribution in [3.05, 3.63) is 11.5 Å². The molecule has 1 aliphatic rings. The van der Waals surface area contributed by atoms with Crippen molar-refractivity contribution in [3.63, 3.8) is 0 Å². The maximum absolute atomic E-state index is 11.1. The quantitative estimate of drug-likeness (QED) is 0.648. The van der Waals surface area contributed by atoms with Crippen LogP contribution in [0.5, 0.6) is 0 Å². The van der Waals surface area contributed by atoms with Gasteiger partial charge in [0, 0.05) is 19.6 Å². The third-order valence-corrected chi connectivity index (χ3v) is 3.33. The SMILES string of the molecule is COCC(COC)OC1C=CS(=O)(=O)C1. The van der Waals surface area contributed by atoms with E-state index in [1.54, 1.807) is 20.3 Å². The van der Waals surface area contributed by atoms with Crippen molar-refractivity contribution in [2.75, 3.05) is 33.2 Å². The van der Waals surface area contributed by atoms with Gasteiger partial charge in [-0.2, -0.15) is 0 Å². The van der Waals surface area contributed by atoms with E-state index >= 15 is 0 Å². The van der Waals surface area contributed by atoms with Gasteiger partial charge < -0.3 is 14.2 Å². The zero-order chi connectivity index (χ0) is 11.3. The molecule has 1 unspecified atom stereocenters. The molecule has 0 fully saturated rings. The Labute approximate surface area is 89.9 Å². The van der Waals surface area contributed by atoms with Crippen LogP contribution in [0.25, 0.3) is 0 Å². The highest BCUT2D eigenvalue weighted by Gasteiger charge is 2.25. The van der Waals surface area contributed by atoms with Gasteiger partial charge in [-0.15, -0.1) is 0 Å². The van der Waals surface area contributed by atoms with Gasteiger partial charge in [0.2, 0.25) is 0 Å². The van der Waals surface area contributed by atoms with Crippen LogP contribution in [-0.4, -0.2) is 53.8 Å². The summed E-state index contributed by atoms with van der Waals surface area (Å²) in [6, 6.07) is 0. The van der Waals surface area contributed by atoms with E-state index in [1.165, 1.54) is 5.41 Å². The summed E-state index contributed by atoms with van der Waals surface area (Å²) in [6.45, 7) is 0.774. The molecular formula is C9H16O5S. The molecule has 0 radical (unpaired) electrons. The van der Waals surface area contributed by atoms with Crippen molar-refractivity contribution in [1.29, 1.82) is 0 Å². The first-order valence-electron chi connectivity index (χ1n) is 4.61. The molecule has 88 valence electrons. The van der Waals surface area contributed by atoms with Gasteiger partial charge in [0.05, 0.1) is 25.1 Å². The molecule has 0 saturated heterocycles.